The van der Waals surface area contributed by atoms with Crippen LogP contribution in [0.25, 0.3) is 22.6 Å². The molecule has 2 aromatic heterocycles. The minimum absolute atomic E-state index is 0.109. The zero-order valence-electron chi connectivity index (χ0n) is 19.2. The Labute approximate surface area is 192 Å². The zero-order valence-corrected chi connectivity index (χ0v) is 19.2. The number of nitrogens with zero attached hydrogens (tertiary/aromatic N) is 5. The Balaban J connectivity index is 0.000000329. The molecule has 1 amide bonds. The quantitative estimate of drug-likeness (QED) is 0.539. The lowest BCUT2D eigenvalue weighted by atomic mass is 10.0. The topological polar surface area (TPSA) is 120 Å². The maximum Gasteiger partial charge on any atom is 0.247 e. The summed E-state index contributed by atoms with van der Waals surface area (Å²) in [7, 11) is 2.64. The number of aliphatic hydroxyl groups excluding tert-OH is 1. The van der Waals surface area contributed by atoms with Crippen LogP contribution in [0.15, 0.2) is 24.7 Å². The van der Waals surface area contributed by atoms with Crippen molar-refractivity contribution in [2.45, 2.75) is 45.4 Å². The highest BCUT2D eigenvalue weighted by Gasteiger charge is 2.24. The van der Waals surface area contributed by atoms with Gasteiger partial charge in [-0.15, -0.1) is 0 Å². The van der Waals surface area contributed by atoms with E-state index in [1.165, 1.54) is 55.8 Å². The number of nitrogens with one attached hydrogen (secondary N) is 2. The Morgan fingerprint density at radius 1 is 1.03 bits per heavy atom. The maximum absolute atomic E-state index is 14.5. The van der Waals surface area contributed by atoms with E-state index in [-0.39, 0.29) is 12.5 Å². The van der Waals surface area contributed by atoms with E-state index in [1.54, 1.807) is 19.3 Å². The molecule has 0 bridgehead atoms. The van der Waals surface area contributed by atoms with Crippen LogP contribution in [-0.2, 0) is 4.79 Å². The molecule has 3 heterocycles. The number of halogens is 1. The van der Waals surface area contributed by atoms with Crippen LogP contribution in [0.5, 0.6) is 0 Å². The number of benzene rings is 1. The molecule has 1 aliphatic carbocycles. The van der Waals surface area contributed by atoms with Crippen LogP contribution in [0.1, 0.15) is 44.1 Å². The summed E-state index contributed by atoms with van der Waals surface area (Å²) in [5, 5.41) is 16.3. The number of hydrogen-bond donors (Lipinski definition) is 3. The highest BCUT2D eigenvalue weighted by molar-refractivity contribution is 6.00. The van der Waals surface area contributed by atoms with E-state index in [0.717, 1.165) is 12.7 Å². The summed E-state index contributed by atoms with van der Waals surface area (Å²) in [6, 6.07) is 3.07. The number of carbonyl (C=O) groups excluding carboxylic acids is 1. The molecule has 1 aromatic carbocycles. The minimum Gasteiger partial charge on any atom is -0.400 e. The van der Waals surface area contributed by atoms with Gasteiger partial charge >= 0.3 is 0 Å². The summed E-state index contributed by atoms with van der Waals surface area (Å²) in [6.45, 7) is 2.03. The van der Waals surface area contributed by atoms with Gasteiger partial charge in [0, 0.05) is 19.7 Å². The third-order valence-corrected chi connectivity index (χ3v) is 5.61. The summed E-state index contributed by atoms with van der Waals surface area (Å²) >= 11 is 0. The summed E-state index contributed by atoms with van der Waals surface area (Å²) in [5.41, 5.74) is 2.23. The third kappa shape index (κ3) is 5.70. The summed E-state index contributed by atoms with van der Waals surface area (Å²) in [6.07, 6.45) is 11.9. The Morgan fingerprint density at radius 2 is 1.70 bits per heavy atom. The van der Waals surface area contributed by atoms with Crippen molar-refractivity contribution in [1.29, 1.82) is 0 Å². The lowest BCUT2D eigenvalue weighted by molar-refractivity contribution is -0.116. The first-order valence-corrected chi connectivity index (χ1v) is 11.0. The van der Waals surface area contributed by atoms with Crippen molar-refractivity contribution in [3.63, 3.8) is 0 Å². The van der Waals surface area contributed by atoms with Gasteiger partial charge in [-0.05, 0) is 24.6 Å². The van der Waals surface area contributed by atoms with Crippen molar-refractivity contribution in [3.05, 3.63) is 36.0 Å². The van der Waals surface area contributed by atoms with Gasteiger partial charge in [0.15, 0.2) is 17.5 Å². The van der Waals surface area contributed by atoms with Crippen molar-refractivity contribution in [2.75, 3.05) is 30.9 Å². The largest absolute Gasteiger partial charge is 0.400 e. The fourth-order valence-electron chi connectivity index (χ4n) is 3.80. The van der Waals surface area contributed by atoms with Gasteiger partial charge in [-0.25, -0.2) is 19.3 Å². The molecule has 0 radical (unpaired) electrons. The van der Waals surface area contributed by atoms with E-state index < -0.39 is 5.82 Å². The number of aryl methyl sites for hydroxylation is 1. The van der Waals surface area contributed by atoms with E-state index in [0.29, 0.717) is 34.3 Å². The zero-order chi connectivity index (χ0) is 23.8. The Bertz CT molecular complexity index is 1060. The average molecular weight is 456 g/mol. The number of carbonyl (C=O) groups is 1. The molecule has 1 fully saturated rings. The number of amides is 1. The van der Waals surface area contributed by atoms with E-state index >= 15 is 0 Å². The van der Waals surface area contributed by atoms with Crippen LogP contribution in [0.2, 0.25) is 0 Å². The van der Waals surface area contributed by atoms with Crippen molar-refractivity contribution in [1.82, 2.24) is 25.1 Å². The number of H-pyrrole nitrogens is 1. The highest BCUT2D eigenvalue weighted by atomic mass is 19.1. The molecule has 0 atom stereocenters. The van der Waals surface area contributed by atoms with Crippen molar-refractivity contribution in [2.24, 2.45) is 0 Å². The van der Waals surface area contributed by atoms with E-state index in [4.69, 9.17) is 5.11 Å². The predicted molar refractivity (Wildman–Crippen MR) is 125 cm³/mol. The highest BCUT2D eigenvalue weighted by Crippen LogP contribution is 2.32. The lowest BCUT2D eigenvalue weighted by Crippen LogP contribution is -2.38. The minimum atomic E-state index is -0.445. The molecule has 1 aliphatic heterocycles. The number of rotatable bonds is 2. The van der Waals surface area contributed by atoms with Crippen molar-refractivity contribution < 1.29 is 14.3 Å². The number of likely N-dealkylation sites (N-methyl/N-ethyl adjacent to an activating group) is 1. The number of hydrogen-bond acceptors (Lipinski definition) is 7. The van der Waals surface area contributed by atoms with Gasteiger partial charge in [0.25, 0.3) is 0 Å². The van der Waals surface area contributed by atoms with E-state index in [9.17, 15) is 9.18 Å². The molecule has 9 nitrogen and oxygen atoms in total. The van der Waals surface area contributed by atoms with Crippen molar-refractivity contribution >= 4 is 17.5 Å². The summed E-state index contributed by atoms with van der Waals surface area (Å²) in [4.78, 5) is 26.0. The lowest BCUT2D eigenvalue weighted by Gasteiger charge is -2.25. The predicted octanol–water partition coefficient (Wildman–Crippen LogP) is 3.71. The van der Waals surface area contributed by atoms with Crippen LogP contribution in [0.3, 0.4) is 0 Å². The van der Waals surface area contributed by atoms with Gasteiger partial charge in [-0.1, -0.05) is 38.5 Å². The SMILES string of the molecule is C1CCCCC1.CO.Cc1cc(-c2ncn[nH]2)c(F)cc1-c1cnc2c(n1)N(C)C(=O)CN2. The molecule has 0 spiro atoms. The number of fused-ring (bicyclic) bond motifs is 1. The maximum atomic E-state index is 14.5. The second kappa shape index (κ2) is 11.5. The van der Waals surface area contributed by atoms with E-state index in [1.807, 2.05) is 6.92 Å². The molecule has 3 N–H and O–H groups in total. The first kappa shape index (κ1) is 24.2. The van der Waals surface area contributed by atoms with E-state index in [2.05, 4.69) is 30.5 Å². The molecule has 10 heteroatoms. The molecule has 176 valence electrons. The smallest absolute Gasteiger partial charge is 0.247 e. The molecular weight excluding hydrogens is 425 g/mol. The first-order chi connectivity index (χ1) is 16.0. The first-order valence-electron chi connectivity index (χ1n) is 11.0. The molecule has 1 saturated carbocycles. The number of aromatic nitrogens is 5. The second-order valence-electron chi connectivity index (χ2n) is 7.84. The van der Waals surface area contributed by atoms with Gasteiger partial charge in [-0.2, -0.15) is 5.10 Å². The average Bonchev–Trinajstić information content (AvgIpc) is 3.40. The Morgan fingerprint density at radius 3 is 2.30 bits per heavy atom. The fraction of sp³-hybridized carbons (Fsp3) is 0.435. The van der Waals surface area contributed by atoms with Gasteiger partial charge in [0.1, 0.15) is 12.1 Å². The van der Waals surface area contributed by atoms with Crippen LogP contribution < -0.4 is 10.2 Å². The number of anilines is 2. The fourth-order valence-corrected chi connectivity index (χ4v) is 3.80. The molecular formula is C23H30FN7O2. The normalized spacial score (nSPS) is 14.8. The van der Waals surface area contributed by atoms with Gasteiger partial charge < -0.3 is 10.4 Å². The Hall–Kier alpha value is -3.40. The van der Waals surface area contributed by atoms with Crippen LogP contribution in [0, 0.1) is 12.7 Å². The molecule has 0 saturated heterocycles. The van der Waals surface area contributed by atoms with Crippen LogP contribution in [-0.4, -0.2) is 56.9 Å². The molecule has 2 aliphatic rings. The number of aromatic amines is 1. The van der Waals surface area contributed by atoms with Gasteiger partial charge in [0.2, 0.25) is 5.91 Å². The van der Waals surface area contributed by atoms with Gasteiger partial charge in [0.05, 0.1) is 24.0 Å². The van der Waals surface area contributed by atoms with Gasteiger partial charge in [-0.3, -0.25) is 14.8 Å². The monoisotopic (exact) mass is 455 g/mol. The molecule has 33 heavy (non-hydrogen) atoms. The third-order valence-electron chi connectivity index (χ3n) is 5.61. The van der Waals surface area contributed by atoms with Crippen LogP contribution in [0.4, 0.5) is 16.0 Å². The van der Waals surface area contributed by atoms with Crippen molar-refractivity contribution in [3.8, 4) is 22.6 Å². The number of aliphatic hydroxyl groups is 1. The standard InChI is InChI=1S/C16H14FN7O.C6H12.CH4O/c1-8-3-10(14-20-7-21-23-14)11(17)4-9(8)12-5-18-15-16(22-12)24(2)13(25)6-19-15;1-2-4-6-5-3-1;1-2/h3-5,7H,6H2,1-2H3,(H,18,19)(H,20,21,23);1-6H2;2H,1H3. The summed E-state index contributed by atoms with van der Waals surface area (Å²) in [5.74, 6) is 0.760. The summed E-state index contributed by atoms with van der Waals surface area (Å²) < 4.78 is 14.5. The molecule has 3 aromatic rings. The molecule has 5 rings (SSSR count). The van der Waals surface area contributed by atoms with Crippen LogP contribution >= 0.6 is 0 Å². The second-order valence-corrected chi connectivity index (χ2v) is 7.84. The molecule has 0 unspecified atom stereocenters. The Kier molecular flexibility index (Phi) is 8.42.